The first-order valence-corrected chi connectivity index (χ1v) is 16.4. The van der Waals surface area contributed by atoms with E-state index in [0.29, 0.717) is 17.8 Å². The van der Waals surface area contributed by atoms with Gasteiger partial charge < -0.3 is 18.9 Å². The van der Waals surface area contributed by atoms with Crippen LogP contribution in [-0.4, -0.2) is 55.7 Å². The van der Waals surface area contributed by atoms with Crippen molar-refractivity contribution in [2.75, 3.05) is 25.2 Å². The van der Waals surface area contributed by atoms with Gasteiger partial charge >= 0.3 is 0 Å². The van der Waals surface area contributed by atoms with E-state index < -0.39 is 0 Å². The Morgan fingerprint density at radius 1 is 0.600 bits per heavy atom. The molecule has 5 heteroatoms. The van der Waals surface area contributed by atoms with Crippen LogP contribution in [0.2, 0.25) is 0 Å². The van der Waals surface area contributed by atoms with E-state index in [1.54, 1.807) is 0 Å². The summed E-state index contributed by atoms with van der Waals surface area (Å²) in [5, 5.41) is 1.01. The van der Waals surface area contributed by atoms with Gasteiger partial charge in [-0.15, -0.1) is 0 Å². The van der Waals surface area contributed by atoms with E-state index in [0.717, 1.165) is 38.0 Å². The Labute approximate surface area is 224 Å². The van der Waals surface area contributed by atoms with Gasteiger partial charge in [-0.2, -0.15) is 0 Å². The van der Waals surface area contributed by atoms with Gasteiger partial charge in [-0.3, -0.25) is 0 Å². The Balaban J connectivity index is 1.45. The highest BCUT2D eigenvalue weighted by atomic mass is 79.9. The number of alkyl halides is 1. The average molecular weight is 558 g/mol. The minimum absolute atomic E-state index is 0.0202. The number of ether oxygens (including phenoxy) is 4. The number of hydrogen-bond donors (Lipinski definition) is 0. The van der Waals surface area contributed by atoms with Crippen molar-refractivity contribution < 1.29 is 18.9 Å². The van der Waals surface area contributed by atoms with Crippen molar-refractivity contribution in [1.82, 2.24) is 0 Å². The molecule has 0 aromatic rings. The second-order valence-corrected chi connectivity index (χ2v) is 12.9. The van der Waals surface area contributed by atoms with Gasteiger partial charge in [0, 0.05) is 5.33 Å². The maximum absolute atomic E-state index is 6.87. The molecule has 4 fully saturated rings. The molecule has 35 heavy (non-hydrogen) atoms. The van der Waals surface area contributed by atoms with E-state index in [4.69, 9.17) is 18.9 Å². The lowest BCUT2D eigenvalue weighted by atomic mass is 9.88. The fourth-order valence-electron chi connectivity index (χ4n) is 7.03. The van der Waals surface area contributed by atoms with Crippen molar-refractivity contribution in [2.45, 2.75) is 147 Å². The summed E-state index contributed by atoms with van der Waals surface area (Å²) in [5.41, 5.74) is 0. The lowest BCUT2D eigenvalue weighted by molar-refractivity contribution is -0.261. The first-order chi connectivity index (χ1) is 17.2. The van der Waals surface area contributed by atoms with Gasteiger partial charge in [0.2, 0.25) is 0 Å². The third-order valence-electron chi connectivity index (χ3n) is 9.24. The Bertz CT molecular complexity index is 557. The molecule has 1 heterocycles. The molecule has 204 valence electrons. The molecule has 0 bridgehead atoms. The quantitative estimate of drug-likeness (QED) is 0.229. The topological polar surface area (TPSA) is 36.9 Å². The molecule has 0 radical (unpaired) electrons. The zero-order valence-corrected chi connectivity index (χ0v) is 24.1. The zero-order chi connectivity index (χ0) is 24.3. The molecule has 4 aliphatic rings. The van der Waals surface area contributed by atoms with Crippen molar-refractivity contribution in [3.8, 4) is 0 Å². The van der Waals surface area contributed by atoms with Crippen molar-refractivity contribution in [2.24, 2.45) is 17.8 Å². The molecule has 1 aliphatic heterocycles. The van der Waals surface area contributed by atoms with Crippen LogP contribution in [0.5, 0.6) is 0 Å². The van der Waals surface area contributed by atoms with Gasteiger partial charge in [-0.05, 0) is 76.0 Å². The van der Waals surface area contributed by atoms with Crippen LogP contribution in [0.3, 0.4) is 0 Å². The fraction of sp³-hybridized carbons (Fsp3) is 1.00. The van der Waals surface area contributed by atoms with Crippen LogP contribution in [0.1, 0.15) is 116 Å². The molecule has 3 aliphatic carbocycles. The van der Waals surface area contributed by atoms with Crippen LogP contribution in [0, 0.1) is 17.8 Å². The van der Waals surface area contributed by atoms with Crippen molar-refractivity contribution >= 4 is 15.9 Å². The SMILES string of the molecule is C[C@@H]1O[C@@H](CCCBr)[C@@H](OCC2CCCCC2)[C@H](OCC2CCCCC2)[C@@H]1OCC1CCCCC1. The van der Waals surface area contributed by atoms with Crippen LogP contribution in [-0.2, 0) is 18.9 Å². The molecule has 1 saturated heterocycles. The predicted octanol–water partition coefficient (Wildman–Crippen LogP) is 7.85. The van der Waals surface area contributed by atoms with E-state index in [2.05, 4.69) is 22.9 Å². The normalized spacial score (nSPS) is 34.3. The molecule has 4 rings (SSSR count). The first-order valence-electron chi connectivity index (χ1n) is 15.3. The highest BCUT2D eigenvalue weighted by Gasteiger charge is 2.47. The first kappa shape index (κ1) is 28.3. The number of halogens is 1. The summed E-state index contributed by atoms with van der Waals surface area (Å²) in [6, 6.07) is 0. The Kier molecular flexibility index (Phi) is 12.7. The van der Waals surface area contributed by atoms with E-state index in [-0.39, 0.29) is 30.5 Å². The second kappa shape index (κ2) is 15.7. The largest absolute Gasteiger partial charge is 0.372 e. The Hall–Kier alpha value is 0.320. The van der Waals surface area contributed by atoms with Crippen LogP contribution in [0.25, 0.3) is 0 Å². The summed E-state index contributed by atoms with van der Waals surface area (Å²) in [6.07, 6.45) is 22.4. The summed E-state index contributed by atoms with van der Waals surface area (Å²) >= 11 is 3.64. The van der Waals surface area contributed by atoms with Crippen LogP contribution in [0.4, 0.5) is 0 Å². The molecule has 0 aromatic heterocycles. The summed E-state index contributed by atoms with van der Waals surface area (Å²) in [5.74, 6) is 2.09. The lowest BCUT2D eigenvalue weighted by Gasteiger charge is -2.46. The van der Waals surface area contributed by atoms with E-state index in [1.165, 1.54) is 96.3 Å². The molecule has 4 nitrogen and oxygen atoms in total. The van der Waals surface area contributed by atoms with E-state index in [9.17, 15) is 0 Å². The summed E-state index contributed by atoms with van der Waals surface area (Å²) in [6.45, 7) is 4.77. The fourth-order valence-corrected chi connectivity index (χ4v) is 7.36. The molecule has 0 N–H and O–H groups in total. The molecule has 0 spiro atoms. The monoisotopic (exact) mass is 556 g/mol. The van der Waals surface area contributed by atoms with Crippen molar-refractivity contribution in [3.05, 3.63) is 0 Å². The van der Waals surface area contributed by atoms with Crippen molar-refractivity contribution in [1.29, 1.82) is 0 Å². The highest BCUT2D eigenvalue weighted by Crippen LogP contribution is 2.35. The van der Waals surface area contributed by atoms with E-state index in [1.807, 2.05) is 0 Å². The number of hydrogen-bond acceptors (Lipinski definition) is 4. The van der Waals surface area contributed by atoms with Gasteiger partial charge in [-0.1, -0.05) is 73.7 Å². The number of rotatable bonds is 12. The minimum Gasteiger partial charge on any atom is -0.372 e. The molecular formula is C30H53BrO4. The summed E-state index contributed by atoms with van der Waals surface area (Å²) in [7, 11) is 0. The summed E-state index contributed by atoms with van der Waals surface area (Å²) in [4.78, 5) is 0. The van der Waals surface area contributed by atoms with Crippen LogP contribution >= 0.6 is 15.9 Å². The molecule has 3 saturated carbocycles. The zero-order valence-electron chi connectivity index (χ0n) is 22.5. The van der Waals surface area contributed by atoms with E-state index >= 15 is 0 Å². The second-order valence-electron chi connectivity index (χ2n) is 12.1. The van der Waals surface area contributed by atoms with Gasteiger partial charge in [0.05, 0.1) is 32.0 Å². The van der Waals surface area contributed by atoms with Crippen LogP contribution in [0.15, 0.2) is 0 Å². The standard InChI is InChI=1S/C30H53BrO4/c1-23-28(32-20-24-12-5-2-6-13-24)30(34-22-26-16-9-4-10-17-26)29(27(35-23)18-11-19-31)33-21-25-14-7-3-8-15-25/h23-30H,2-22H2,1H3/t23-,27-,28+,29+,30+/m0/s1. The maximum Gasteiger partial charge on any atom is 0.115 e. The molecule has 0 unspecified atom stereocenters. The smallest absolute Gasteiger partial charge is 0.115 e. The van der Waals surface area contributed by atoms with Crippen molar-refractivity contribution in [3.63, 3.8) is 0 Å². The van der Waals surface area contributed by atoms with Crippen LogP contribution < -0.4 is 0 Å². The van der Waals surface area contributed by atoms with Gasteiger partial charge in [0.1, 0.15) is 18.3 Å². The molecule has 0 aromatic carbocycles. The third kappa shape index (κ3) is 8.94. The lowest BCUT2D eigenvalue weighted by Crippen LogP contribution is -2.60. The van der Waals surface area contributed by atoms with Gasteiger partial charge in [-0.25, -0.2) is 0 Å². The molecular weight excluding hydrogens is 504 g/mol. The average Bonchev–Trinajstić information content (AvgIpc) is 2.91. The predicted molar refractivity (Wildman–Crippen MR) is 146 cm³/mol. The highest BCUT2D eigenvalue weighted by molar-refractivity contribution is 9.09. The summed E-state index contributed by atoms with van der Waals surface area (Å²) < 4.78 is 27.1. The third-order valence-corrected chi connectivity index (χ3v) is 9.80. The van der Waals surface area contributed by atoms with Gasteiger partial charge in [0.25, 0.3) is 0 Å². The molecule has 5 atom stereocenters. The Morgan fingerprint density at radius 3 is 1.49 bits per heavy atom. The molecule has 0 amide bonds. The Morgan fingerprint density at radius 2 is 1.03 bits per heavy atom. The minimum atomic E-state index is -0.0305. The maximum atomic E-state index is 6.87. The van der Waals surface area contributed by atoms with Gasteiger partial charge in [0.15, 0.2) is 0 Å².